The molecular formula is C23H18F3N3O3. The van der Waals surface area contributed by atoms with Gasteiger partial charge in [-0.05, 0) is 62.2 Å². The number of fused-ring (bicyclic) bond motifs is 2. The molecule has 6 nitrogen and oxygen atoms in total. The van der Waals surface area contributed by atoms with Gasteiger partial charge in [0.1, 0.15) is 11.3 Å². The number of hydrogen-bond donors (Lipinski definition) is 1. The summed E-state index contributed by atoms with van der Waals surface area (Å²) >= 11 is 0. The smallest absolute Gasteiger partial charge is 0.416 e. The monoisotopic (exact) mass is 441 g/mol. The normalized spacial score (nSPS) is 16.9. The van der Waals surface area contributed by atoms with Crippen molar-refractivity contribution in [2.24, 2.45) is 0 Å². The highest BCUT2D eigenvalue weighted by atomic mass is 19.4. The number of furan rings is 1. The molecule has 2 aromatic heterocycles. The fourth-order valence-electron chi connectivity index (χ4n) is 4.13. The third kappa shape index (κ3) is 3.43. The molecule has 2 aromatic carbocycles. The number of nitrogens with zero attached hydrogens (tertiary/aromatic N) is 3. The van der Waals surface area contributed by atoms with Gasteiger partial charge in [0, 0.05) is 18.0 Å². The second kappa shape index (κ2) is 7.22. The van der Waals surface area contributed by atoms with Crippen molar-refractivity contribution in [2.45, 2.75) is 32.0 Å². The topological polar surface area (TPSA) is 79.5 Å². The molecule has 0 aliphatic carbocycles. The van der Waals surface area contributed by atoms with Crippen molar-refractivity contribution in [1.82, 2.24) is 9.97 Å². The third-order valence-corrected chi connectivity index (χ3v) is 5.79. The number of hydrogen-bond acceptors (Lipinski definition) is 5. The molecule has 5 rings (SSSR count). The highest BCUT2D eigenvalue weighted by molar-refractivity contribution is 5.94. The van der Waals surface area contributed by atoms with Crippen molar-refractivity contribution in [1.29, 1.82) is 0 Å². The molecule has 0 saturated carbocycles. The summed E-state index contributed by atoms with van der Waals surface area (Å²) in [7, 11) is 0. The van der Waals surface area contributed by atoms with Gasteiger partial charge < -0.3 is 14.4 Å². The van der Waals surface area contributed by atoms with Gasteiger partial charge in [-0.1, -0.05) is 0 Å². The molecule has 32 heavy (non-hydrogen) atoms. The molecule has 3 heterocycles. The van der Waals surface area contributed by atoms with Crippen LogP contribution in [-0.2, 0) is 6.18 Å². The Balaban J connectivity index is 1.71. The minimum absolute atomic E-state index is 0.100. The van der Waals surface area contributed by atoms with E-state index in [9.17, 15) is 23.1 Å². The Morgan fingerprint density at radius 2 is 1.94 bits per heavy atom. The van der Waals surface area contributed by atoms with Crippen molar-refractivity contribution < 1.29 is 27.5 Å². The molecule has 1 saturated heterocycles. The van der Waals surface area contributed by atoms with Crippen LogP contribution >= 0.6 is 0 Å². The molecule has 0 amide bonds. The molecule has 0 spiro atoms. The van der Waals surface area contributed by atoms with Crippen LogP contribution in [0.15, 0.2) is 46.9 Å². The van der Waals surface area contributed by atoms with Crippen LogP contribution in [0, 0.1) is 0 Å². The van der Waals surface area contributed by atoms with Gasteiger partial charge in [0.25, 0.3) is 0 Å². The first kappa shape index (κ1) is 20.3. The van der Waals surface area contributed by atoms with Crippen LogP contribution in [-0.4, -0.2) is 33.6 Å². The summed E-state index contributed by atoms with van der Waals surface area (Å²) in [6, 6.07) is 9.53. The highest BCUT2D eigenvalue weighted by Crippen LogP contribution is 2.38. The average molecular weight is 441 g/mol. The maximum Gasteiger partial charge on any atom is 0.416 e. The number of aromatic carboxylic acids is 1. The lowest BCUT2D eigenvalue weighted by atomic mass is 10.1. The predicted molar refractivity (Wildman–Crippen MR) is 113 cm³/mol. The maximum absolute atomic E-state index is 13.1. The Hall–Kier alpha value is -3.62. The predicted octanol–water partition coefficient (Wildman–Crippen LogP) is 5.75. The minimum atomic E-state index is -4.45. The molecule has 1 N–H and O–H groups in total. The van der Waals surface area contributed by atoms with E-state index in [1.165, 1.54) is 24.3 Å². The number of carboxylic acids is 1. The van der Waals surface area contributed by atoms with Crippen LogP contribution in [0.3, 0.4) is 0 Å². The van der Waals surface area contributed by atoms with Crippen LogP contribution < -0.4 is 4.90 Å². The van der Waals surface area contributed by atoms with E-state index in [1.54, 1.807) is 6.07 Å². The summed E-state index contributed by atoms with van der Waals surface area (Å²) in [5.41, 5.74) is 0.978. The second-order valence-electron chi connectivity index (χ2n) is 7.95. The largest absolute Gasteiger partial charge is 0.478 e. The van der Waals surface area contributed by atoms with E-state index < -0.39 is 17.7 Å². The standard InChI is InChI=1S/C23H18F3N3O3/c1-12-3-2-8-29(12)21-20(27-16-6-4-13(22(30)31)10-17(16)28-21)19-11-14-9-15(23(24,25)26)5-7-18(14)32-19/h4-7,9-12H,2-3,8H2,1H3,(H,30,31). The zero-order chi connectivity index (χ0) is 22.6. The fourth-order valence-corrected chi connectivity index (χ4v) is 4.13. The molecule has 9 heteroatoms. The van der Waals surface area contributed by atoms with Gasteiger partial charge >= 0.3 is 12.1 Å². The Labute approximate surface area is 180 Å². The summed E-state index contributed by atoms with van der Waals surface area (Å²) in [6.45, 7) is 2.80. The van der Waals surface area contributed by atoms with Gasteiger partial charge in [-0.2, -0.15) is 13.2 Å². The first-order valence-corrected chi connectivity index (χ1v) is 10.1. The number of carboxylic acid groups (broad SMARTS) is 1. The lowest BCUT2D eigenvalue weighted by molar-refractivity contribution is -0.137. The van der Waals surface area contributed by atoms with Gasteiger partial charge in [-0.25, -0.2) is 14.8 Å². The van der Waals surface area contributed by atoms with E-state index in [1.807, 2.05) is 0 Å². The number of benzene rings is 2. The summed E-state index contributed by atoms with van der Waals surface area (Å²) in [4.78, 5) is 22.8. The number of rotatable bonds is 3. The fraction of sp³-hybridized carbons (Fsp3) is 0.261. The van der Waals surface area contributed by atoms with E-state index in [0.717, 1.165) is 31.5 Å². The van der Waals surface area contributed by atoms with E-state index in [0.29, 0.717) is 39.3 Å². The summed E-state index contributed by atoms with van der Waals surface area (Å²) < 4.78 is 45.2. The van der Waals surface area contributed by atoms with Crippen molar-refractivity contribution in [3.8, 4) is 11.5 Å². The molecule has 0 bridgehead atoms. The van der Waals surface area contributed by atoms with Crippen LogP contribution in [0.5, 0.6) is 0 Å². The molecule has 164 valence electrons. The minimum Gasteiger partial charge on any atom is -0.478 e. The van der Waals surface area contributed by atoms with Gasteiger partial charge in [-0.15, -0.1) is 0 Å². The van der Waals surface area contributed by atoms with Crippen molar-refractivity contribution in [3.05, 3.63) is 53.6 Å². The molecule has 1 unspecified atom stereocenters. The zero-order valence-electron chi connectivity index (χ0n) is 17.0. The Bertz CT molecular complexity index is 1360. The summed E-state index contributed by atoms with van der Waals surface area (Å²) in [5, 5.41) is 9.62. The molecular weight excluding hydrogens is 423 g/mol. The van der Waals surface area contributed by atoms with E-state index in [2.05, 4.69) is 16.8 Å². The van der Waals surface area contributed by atoms with Crippen LogP contribution in [0.4, 0.5) is 19.0 Å². The molecule has 1 fully saturated rings. The van der Waals surface area contributed by atoms with Crippen molar-refractivity contribution >= 4 is 33.8 Å². The SMILES string of the molecule is CC1CCCN1c1nc2cc(C(=O)O)ccc2nc1-c1cc2cc(C(F)(F)F)ccc2o1. The number of anilines is 1. The third-order valence-electron chi connectivity index (χ3n) is 5.79. The Morgan fingerprint density at radius 1 is 1.12 bits per heavy atom. The van der Waals surface area contributed by atoms with Crippen LogP contribution in [0.25, 0.3) is 33.5 Å². The van der Waals surface area contributed by atoms with E-state index in [-0.39, 0.29) is 11.6 Å². The lowest BCUT2D eigenvalue weighted by Gasteiger charge is -2.24. The van der Waals surface area contributed by atoms with Crippen molar-refractivity contribution in [3.63, 3.8) is 0 Å². The van der Waals surface area contributed by atoms with Gasteiger partial charge in [0.05, 0.1) is 22.2 Å². The average Bonchev–Trinajstić information content (AvgIpc) is 3.37. The molecule has 1 atom stereocenters. The summed E-state index contributed by atoms with van der Waals surface area (Å²) in [6.07, 6.45) is -2.53. The lowest BCUT2D eigenvalue weighted by Crippen LogP contribution is -2.28. The first-order chi connectivity index (χ1) is 15.2. The first-order valence-electron chi connectivity index (χ1n) is 10.1. The molecule has 1 aliphatic rings. The van der Waals surface area contributed by atoms with Gasteiger partial charge in [-0.3, -0.25) is 0 Å². The summed E-state index contributed by atoms with van der Waals surface area (Å²) in [5.74, 6) is -0.225. The van der Waals surface area contributed by atoms with E-state index >= 15 is 0 Å². The number of alkyl halides is 3. The molecule has 4 aromatic rings. The maximum atomic E-state index is 13.1. The number of aromatic nitrogens is 2. The van der Waals surface area contributed by atoms with Crippen LogP contribution in [0.2, 0.25) is 0 Å². The number of carbonyl (C=O) groups is 1. The van der Waals surface area contributed by atoms with Crippen LogP contribution in [0.1, 0.15) is 35.7 Å². The Morgan fingerprint density at radius 3 is 2.62 bits per heavy atom. The Kier molecular flexibility index (Phi) is 4.58. The van der Waals surface area contributed by atoms with E-state index in [4.69, 9.17) is 9.40 Å². The van der Waals surface area contributed by atoms with Gasteiger partial charge in [0.15, 0.2) is 11.6 Å². The quantitative estimate of drug-likeness (QED) is 0.436. The van der Waals surface area contributed by atoms with Crippen molar-refractivity contribution in [2.75, 3.05) is 11.4 Å². The number of halogens is 3. The molecule has 1 aliphatic heterocycles. The van der Waals surface area contributed by atoms with Gasteiger partial charge in [0.2, 0.25) is 0 Å². The zero-order valence-corrected chi connectivity index (χ0v) is 17.0. The molecule has 0 radical (unpaired) electrons. The second-order valence-corrected chi connectivity index (χ2v) is 7.95. The highest BCUT2D eigenvalue weighted by Gasteiger charge is 2.31.